The van der Waals surface area contributed by atoms with Crippen molar-refractivity contribution in [2.24, 2.45) is 5.92 Å². The van der Waals surface area contributed by atoms with E-state index in [0.29, 0.717) is 18.0 Å². The lowest BCUT2D eigenvalue weighted by Gasteiger charge is -2.38. The van der Waals surface area contributed by atoms with E-state index >= 15 is 0 Å². The van der Waals surface area contributed by atoms with Gasteiger partial charge in [-0.25, -0.2) is 14.6 Å². The Labute approximate surface area is 332 Å². The van der Waals surface area contributed by atoms with Crippen molar-refractivity contribution in [3.8, 4) is 22.8 Å². The molecular weight excluding hydrogens is 723 g/mol. The number of benzene rings is 3. The van der Waals surface area contributed by atoms with Gasteiger partial charge in [0.05, 0.1) is 17.0 Å². The van der Waals surface area contributed by atoms with Gasteiger partial charge in [0.25, 0.3) is 5.91 Å². The van der Waals surface area contributed by atoms with Crippen molar-refractivity contribution in [3.63, 3.8) is 0 Å². The molecule has 3 N–H and O–H groups in total. The van der Waals surface area contributed by atoms with E-state index in [-0.39, 0.29) is 35.9 Å². The summed E-state index contributed by atoms with van der Waals surface area (Å²) < 4.78 is 8.04. The molecule has 2 saturated heterocycles. The number of aromatic nitrogens is 4. The molecule has 5 aromatic rings. The normalized spacial score (nSPS) is 15.9. The molecular formula is C43H49N9O5. The van der Waals surface area contributed by atoms with Gasteiger partial charge in [0.1, 0.15) is 41.7 Å². The number of nitrogens with one attached hydrogen (secondary N) is 1. The van der Waals surface area contributed by atoms with Crippen LogP contribution < -0.4 is 20.7 Å². The van der Waals surface area contributed by atoms with E-state index in [1.54, 1.807) is 12.1 Å². The second-order valence-electron chi connectivity index (χ2n) is 14.8. The van der Waals surface area contributed by atoms with Crippen molar-refractivity contribution >= 4 is 46.9 Å². The van der Waals surface area contributed by atoms with Gasteiger partial charge < -0.3 is 35.3 Å². The first-order valence-corrected chi connectivity index (χ1v) is 19.6. The summed E-state index contributed by atoms with van der Waals surface area (Å²) in [4.78, 5) is 64.1. The number of hydrogen-bond donors (Lipinski definition) is 2. The lowest BCUT2D eigenvalue weighted by molar-refractivity contribution is -0.125. The van der Waals surface area contributed by atoms with E-state index in [1.807, 2.05) is 65.3 Å². The Morgan fingerprint density at radius 3 is 2.35 bits per heavy atom. The summed E-state index contributed by atoms with van der Waals surface area (Å²) in [5.74, 6) is 1.66. The van der Waals surface area contributed by atoms with Gasteiger partial charge in [-0.2, -0.15) is 5.10 Å². The largest absolute Gasteiger partial charge is 0.457 e. The van der Waals surface area contributed by atoms with E-state index in [1.165, 1.54) is 25.3 Å². The molecule has 2 aliphatic rings. The summed E-state index contributed by atoms with van der Waals surface area (Å²) in [6, 6.07) is 22.2. The zero-order chi connectivity index (χ0) is 39.9. The number of likely N-dealkylation sites (N-methyl/N-ethyl adjacent to an activating group) is 2. The van der Waals surface area contributed by atoms with Crippen molar-refractivity contribution in [2.75, 3.05) is 57.5 Å². The minimum absolute atomic E-state index is 0.141. The summed E-state index contributed by atoms with van der Waals surface area (Å²) in [7, 11) is 3.01. The van der Waals surface area contributed by atoms with Gasteiger partial charge in [0, 0.05) is 70.1 Å². The molecule has 0 saturated carbocycles. The highest BCUT2D eigenvalue weighted by atomic mass is 16.5. The van der Waals surface area contributed by atoms with Crippen LogP contribution in [-0.4, -0.2) is 107 Å². The Balaban J connectivity index is 0.944. The number of ether oxygens (including phenoxy) is 1. The Morgan fingerprint density at radius 2 is 1.67 bits per heavy atom. The van der Waals surface area contributed by atoms with E-state index < -0.39 is 11.9 Å². The molecule has 3 aromatic carbocycles. The smallest absolute Gasteiger partial charge is 0.255 e. The van der Waals surface area contributed by atoms with Crippen LogP contribution in [0.25, 0.3) is 22.3 Å². The molecule has 1 unspecified atom stereocenters. The number of nitrogens with two attached hydrogens (primary N) is 1. The molecule has 7 rings (SSSR count). The summed E-state index contributed by atoms with van der Waals surface area (Å²) in [6.07, 6.45) is 7.18. The van der Waals surface area contributed by atoms with Crippen LogP contribution in [0.5, 0.6) is 11.5 Å². The Hall–Kier alpha value is -6.15. The molecule has 296 valence electrons. The average molecular weight is 772 g/mol. The van der Waals surface area contributed by atoms with Crippen molar-refractivity contribution in [1.29, 1.82) is 0 Å². The Bertz CT molecular complexity index is 2190. The number of carbonyl (C=O) groups excluding carboxylic acids is 4. The maximum atomic E-state index is 13.4. The van der Waals surface area contributed by atoms with E-state index in [0.717, 1.165) is 104 Å². The zero-order valence-electron chi connectivity index (χ0n) is 32.4. The molecule has 2 aromatic heterocycles. The van der Waals surface area contributed by atoms with Crippen LogP contribution in [-0.2, 0) is 9.59 Å². The van der Waals surface area contributed by atoms with Crippen molar-refractivity contribution < 1.29 is 23.9 Å². The van der Waals surface area contributed by atoms with Crippen LogP contribution in [0.15, 0.2) is 79.1 Å². The predicted molar refractivity (Wildman–Crippen MR) is 218 cm³/mol. The minimum atomic E-state index is -0.820. The minimum Gasteiger partial charge on any atom is -0.457 e. The Kier molecular flexibility index (Phi) is 12.2. The summed E-state index contributed by atoms with van der Waals surface area (Å²) >= 11 is 0. The highest BCUT2D eigenvalue weighted by molar-refractivity contribution is 6.03. The molecule has 4 heterocycles. The molecule has 14 nitrogen and oxygen atoms in total. The number of fused-ring (bicyclic) bond motifs is 1. The number of para-hydroxylation sites is 1. The first-order chi connectivity index (χ1) is 27.8. The lowest BCUT2D eigenvalue weighted by Crippen LogP contribution is -2.47. The van der Waals surface area contributed by atoms with Crippen LogP contribution in [0, 0.1) is 5.92 Å². The average Bonchev–Trinajstić information content (AvgIpc) is 3.65. The fourth-order valence-corrected chi connectivity index (χ4v) is 8.11. The number of likely N-dealkylation sites (tertiary alicyclic amines) is 1. The van der Waals surface area contributed by atoms with Crippen LogP contribution in [0.3, 0.4) is 0 Å². The predicted octanol–water partition coefficient (Wildman–Crippen LogP) is 5.40. The number of amides is 2. The molecule has 0 bridgehead atoms. The number of carbonyl (C=O) groups is 4. The third-order valence-corrected chi connectivity index (χ3v) is 11.3. The first-order valence-electron chi connectivity index (χ1n) is 19.6. The molecule has 2 amide bonds. The standard InChI is InChI=1S/C43H49N9O5/c1-45-42(55)37(9-6-24-53)49(2)43(56)36-15-12-33(25-31(36)27-54)51-22-16-29(17-23-51)26-50-20-18-32(19-21-50)52-41-38(40(44)46-28-47-41)39(48-52)30-10-13-35(14-11-30)57-34-7-4-3-5-8-34/h3-5,7-8,10-15,24-25,27-29,32,37H,6,9,16-23,26H2,1-2H3,(H,45,55)(H2,44,46,47). The molecule has 1 atom stereocenters. The van der Waals surface area contributed by atoms with Gasteiger partial charge in [-0.3, -0.25) is 14.4 Å². The van der Waals surface area contributed by atoms with E-state index in [2.05, 4.69) is 25.1 Å². The van der Waals surface area contributed by atoms with Crippen LogP contribution in [0.4, 0.5) is 11.5 Å². The number of nitrogens with zero attached hydrogens (tertiary/aromatic N) is 7. The van der Waals surface area contributed by atoms with Gasteiger partial charge in [-0.1, -0.05) is 18.2 Å². The number of anilines is 2. The fourth-order valence-electron chi connectivity index (χ4n) is 8.11. The quantitative estimate of drug-likeness (QED) is 0.139. The summed E-state index contributed by atoms with van der Waals surface area (Å²) in [5.41, 5.74) is 10.3. The van der Waals surface area contributed by atoms with E-state index in [4.69, 9.17) is 15.6 Å². The van der Waals surface area contributed by atoms with Crippen LogP contribution in [0.2, 0.25) is 0 Å². The molecule has 14 heteroatoms. The second-order valence-corrected chi connectivity index (χ2v) is 14.8. The highest BCUT2D eigenvalue weighted by Gasteiger charge is 2.30. The third-order valence-electron chi connectivity index (χ3n) is 11.3. The van der Waals surface area contributed by atoms with Gasteiger partial charge in [-0.15, -0.1) is 0 Å². The molecule has 0 spiro atoms. The third kappa shape index (κ3) is 8.65. The van der Waals surface area contributed by atoms with Crippen molar-refractivity contribution in [3.05, 3.63) is 90.3 Å². The number of piperidine rings is 2. The SMILES string of the molecule is CNC(=O)C(CCC=O)N(C)C(=O)c1ccc(N2CCC(CN3CCC(n4nc(-c5ccc(Oc6ccccc6)cc5)c5c(N)ncnc54)CC3)CC2)cc1C=O. The zero-order valence-corrected chi connectivity index (χ0v) is 32.4. The lowest BCUT2D eigenvalue weighted by atomic mass is 9.94. The number of rotatable bonds is 14. The second kappa shape index (κ2) is 17.8. The highest BCUT2D eigenvalue weighted by Crippen LogP contribution is 2.36. The molecule has 57 heavy (non-hydrogen) atoms. The molecule has 0 radical (unpaired) electrons. The topological polar surface area (TPSA) is 169 Å². The number of aldehydes is 2. The maximum Gasteiger partial charge on any atom is 0.255 e. The van der Waals surface area contributed by atoms with Gasteiger partial charge in [0.2, 0.25) is 5.91 Å². The fraction of sp³-hybridized carbons (Fsp3) is 0.372. The van der Waals surface area contributed by atoms with Gasteiger partial charge in [0.15, 0.2) is 11.9 Å². The van der Waals surface area contributed by atoms with Crippen molar-refractivity contribution in [1.82, 2.24) is 34.9 Å². The first kappa shape index (κ1) is 39.1. The summed E-state index contributed by atoms with van der Waals surface area (Å²) in [5, 5.41) is 8.42. The van der Waals surface area contributed by atoms with E-state index in [9.17, 15) is 19.2 Å². The van der Waals surface area contributed by atoms with Gasteiger partial charge in [-0.05, 0) is 92.6 Å². The number of hydrogen-bond acceptors (Lipinski definition) is 11. The maximum absolute atomic E-state index is 13.4. The van der Waals surface area contributed by atoms with Crippen molar-refractivity contribution in [2.45, 2.75) is 50.6 Å². The monoisotopic (exact) mass is 771 g/mol. The van der Waals surface area contributed by atoms with Gasteiger partial charge >= 0.3 is 0 Å². The molecule has 2 fully saturated rings. The Morgan fingerprint density at radius 1 is 0.947 bits per heavy atom. The van der Waals surface area contributed by atoms with Crippen LogP contribution >= 0.6 is 0 Å². The number of nitrogen functional groups attached to an aromatic ring is 1. The molecule has 0 aliphatic carbocycles. The molecule has 2 aliphatic heterocycles. The van der Waals surface area contributed by atoms with Crippen LogP contribution in [0.1, 0.15) is 65.3 Å². The summed E-state index contributed by atoms with van der Waals surface area (Å²) in [6.45, 7) is 4.62.